The van der Waals surface area contributed by atoms with Crippen LogP contribution in [0.2, 0.25) is 0 Å². The first-order chi connectivity index (χ1) is 12.2. The summed E-state index contributed by atoms with van der Waals surface area (Å²) in [6.45, 7) is 12.9. The van der Waals surface area contributed by atoms with Gasteiger partial charge < -0.3 is 10.1 Å². The van der Waals surface area contributed by atoms with Crippen molar-refractivity contribution in [1.29, 1.82) is 0 Å². The van der Waals surface area contributed by atoms with Crippen molar-refractivity contribution >= 4 is 5.91 Å². The average molecular weight is 354 g/mol. The van der Waals surface area contributed by atoms with Crippen molar-refractivity contribution in [3.05, 3.63) is 54.1 Å². The van der Waals surface area contributed by atoms with Crippen LogP contribution in [0.5, 0.6) is 5.75 Å². The number of carbonyl (C=O) groups is 1. The van der Waals surface area contributed by atoms with Crippen LogP contribution >= 0.6 is 0 Å². The van der Waals surface area contributed by atoms with E-state index in [4.69, 9.17) is 4.74 Å². The molecule has 0 atom stereocenters. The third-order valence-corrected chi connectivity index (χ3v) is 4.38. The van der Waals surface area contributed by atoms with Gasteiger partial charge in [0.1, 0.15) is 5.75 Å². The summed E-state index contributed by atoms with van der Waals surface area (Å²) in [5.41, 5.74) is 2.67. The van der Waals surface area contributed by atoms with Crippen molar-refractivity contribution in [1.82, 2.24) is 5.32 Å². The molecule has 1 N–H and O–H groups in total. The summed E-state index contributed by atoms with van der Waals surface area (Å²) >= 11 is 0. The zero-order valence-electron chi connectivity index (χ0n) is 16.8. The van der Waals surface area contributed by atoms with E-state index in [0.717, 1.165) is 22.4 Å². The minimum atomic E-state index is -0.560. The number of carbonyl (C=O) groups excluding carboxylic acids is 1. The van der Waals surface area contributed by atoms with E-state index >= 15 is 0 Å². The second kappa shape index (κ2) is 8.39. The summed E-state index contributed by atoms with van der Waals surface area (Å²) in [5, 5.41) is 3.04. The molecule has 0 aromatic heterocycles. The molecule has 0 aliphatic heterocycles. The third-order valence-electron chi connectivity index (χ3n) is 4.38. The standard InChI is InChI=1S/C23H31NO2/c1-16(2)15-24-22(25)23(5,6)20-12-10-18(11-13-20)19-8-7-9-21(14-19)26-17(3)4/h7-14,16-17H,15H2,1-6H3,(H,24,25). The van der Waals surface area contributed by atoms with Gasteiger partial charge in [0.05, 0.1) is 11.5 Å². The van der Waals surface area contributed by atoms with Gasteiger partial charge in [0, 0.05) is 6.54 Å². The lowest BCUT2D eigenvalue weighted by Crippen LogP contribution is -2.41. The van der Waals surface area contributed by atoms with E-state index in [0.29, 0.717) is 12.5 Å². The van der Waals surface area contributed by atoms with Crippen LogP contribution < -0.4 is 10.1 Å². The number of nitrogens with one attached hydrogen (secondary N) is 1. The first kappa shape index (κ1) is 20.0. The second-order valence-electron chi connectivity index (χ2n) is 8.00. The molecule has 0 saturated heterocycles. The van der Waals surface area contributed by atoms with Crippen molar-refractivity contribution in [2.75, 3.05) is 6.54 Å². The van der Waals surface area contributed by atoms with E-state index in [1.54, 1.807) is 0 Å². The number of rotatable bonds is 7. The predicted molar refractivity (Wildman–Crippen MR) is 109 cm³/mol. The molecule has 0 aliphatic rings. The minimum absolute atomic E-state index is 0.0614. The first-order valence-corrected chi connectivity index (χ1v) is 9.36. The molecule has 0 spiro atoms. The molecule has 3 heteroatoms. The highest BCUT2D eigenvalue weighted by atomic mass is 16.5. The van der Waals surface area contributed by atoms with Crippen LogP contribution in [0.15, 0.2) is 48.5 Å². The summed E-state index contributed by atoms with van der Waals surface area (Å²) in [5.74, 6) is 1.37. The average Bonchev–Trinajstić information content (AvgIpc) is 2.59. The van der Waals surface area contributed by atoms with Gasteiger partial charge in [-0.05, 0) is 62.4 Å². The highest BCUT2D eigenvalue weighted by Crippen LogP contribution is 2.29. The van der Waals surface area contributed by atoms with Crippen LogP contribution in [-0.4, -0.2) is 18.6 Å². The van der Waals surface area contributed by atoms with Gasteiger partial charge in [-0.2, -0.15) is 0 Å². The maximum atomic E-state index is 12.5. The second-order valence-corrected chi connectivity index (χ2v) is 8.00. The molecular weight excluding hydrogens is 322 g/mol. The first-order valence-electron chi connectivity index (χ1n) is 9.36. The molecule has 0 unspecified atom stereocenters. The summed E-state index contributed by atoms with van der Waals surface area (Å²) < 4.78 is 5.78. The molecule has 3 nitrogen and oxygen atoms in total. The Morgan fingerprint density at radius 2 is 1.65 bits per heavy atom. The fourth-order valence-corrected chi connectivity index (χ4v) is 2.75. The van der Waals surface area contributed by atoms with E-state index < -0.39 is 5.41 Å². The van der Waals surface area contributed by atoms with Crippen LogP contribution in [0, 0.1) is 5.92 Å². The molecule has 0 aliphatic carbocycles. The zero-order chi connectivity index (χ0) is 19.3. The Morgan fingerprint density at radius 1 is 1.00 bits per heavy atom. The topological polar surface area (TPSA) is 38.3 Å². The fourth-order valence-electron chi connectivity index (χ4n) is 2.75. The smallest absolute Gasteiger partial charge is 0.230 e. The van der Waals surface area contributed by atoms with E-state index in [9.17, 15) is 4.79 Å². The predicted octanol–water partition coefficient (Wildman–Crippen LogP) is 5.19. The summed E-state index contributed by atoms with van der Waals surface area (Å²) in [6.07, 6.45) is 0.151. The number of ether oxygens (including phenoxy) is 1. The fraction of sp³-hybridized carbons (Fsp3) is 0.435. The van der Waals surface area contributed by atoms with Gasteiger partial charge in [-0.25, -0.2) is 0 Å². The quantitative estimate of drug-likeness (QED) is 0.744. The van der Waals surface area contributed by atoms with Gasteiger partial charge in [0.2, 0.25) is 5.91 Å². The van der Waals surface area contributed by atoms with Crippen LogP contribution in [0.1, 0.15) is 47.1 Å². The van der Waals surface area contributed by atoms with Crippen LogP contribution in [-0.2, 0) is 10.2 Å². The molecule has 2 rings (SSSR count). The molecule has 2 aromatic carbocycles. The highest BCUT2D eigenvalue weighted by molar-refractivity contribution is 5.87. The highest BCUT2D eigenvalue weighted by Gasteiger charge is 2.29. The SMILES string of the molecule is CC(C)CNC(=O)C(C)(C)c1ccc(-c2cccc(OC(C)C)c2)cc1. The third kappa shape index (κ3) is 5.10. The van der Waals surface area contributed by atoms with Crippen molar-refractivity contribution < 1.29 is 9.53 Å². The lowest BCUT2D eigenvalue weighted by Gasteiger charge is -2.25. The monoisotopic (exact) mass is 353 g/mol. The summed E-state index contributed by atoms with van der Waals surface area (Å²) in [7, 11) is 0. The molecular formula is C23H31NO2. The Bertz CT molecular complexity index is 730. The largest absolute Gasteiger partial charge is 0.491 e. The Kier molecular flexibility index (Phi) is 6.47. The van der Waals surface area contributed by atoms with Gasteiger partial charge in [-0.15, -0.1) is 0 Å². The van der Waals surface area contributed by atoms with Gasteiger partial charge >= 0.3 is 0 Å². The van der Waals surface area contributed by atoms with Crippen molar-refractivity contribution in [2.45, 2.75) is 53.1 Å². The van der Waals surface area contributed by atoms with E-state index in [1.807, 2.05) is 52.0 Å². The Labute approximate surface area is 157 Å². The van der Waals surface area contributed by atoms with Gasteiger partial charge in [0.15, 0.2) is 0 Å². The lowest BCUT2D eigenvalue weighted by molar-refractivity contribution is -0.125. The zero-order valence-corrected chi connectivity index (χ0v) is 16.8. The maximum Gasteiger partial charge on any atom is 0.230 e. The van der Waals surface area contributed by atoms with Gasteiger partial charge in [-0.1, -0.05) is 50.2 Å². The number of benzene rings is 2. The summed E-state index contributed by atoms with van der Waals surface area (Å²) in [6, 6.07) is 16.3. The van der Waals surface area contributed by atoms with Crippen LogP contribution in [0.3, 0.4) is 0 Å². The number of hydrogen-bond donors (Lipinski definition) is 1. The van der Waals surface area contributed by atoms with Crippen molar-refractivity contribution in [2.24, 2.45) is 5.92 Å². The van der Waals surface area contributed by atoms with Crippen molar-refractivity contribution in [3.63, 3.8) is 0 Å². The molecule has 2 aromatic rings. The maximum absolute atomic E-state index is 12.5. The molecule has 1 amide bonds. The molecule has 0 heterocycles. The van der Waals surface area contributed by atoms with Crippen molar-refractivity contribution in [3.8, 4) is 16.9 Å². The lowest BCUT2D eigenvalue weighted by atomic mass is 9.83. The number of amides is 1. The summed E-state index contributed by atoms with van der Waals surface area (Å²) in [4.78, 5) is 12.5. The number of hydrogen-bond acceptors (Lipinski definition) is 2. The minimum Gasteiger partial charge on any atom is -0.491 e. The molecule has 0 bridgehead atoms. The van der Waals surface area contributed by atoms with Crippen LogP contribution in [0.4, 0.5) is 0 Å². The van der Waals surface area contributed by atoms with E-state index in [2.05, 4.69) is 43.4 Å². The Balaban J connectivity index is 2.18. The molecule has 0 radical (unpaired) electrons. The van der Waals surface area contributed by atoms with Gasteiger partial charge in [-0.3, -0.25) is 4.79 Å². The Hall–Kier alpha value is -2.29. The van der Waals surface area contributed by atoms with Crippen LogP contribution in [0.25, 0.3) is 11.1 Å². The van der Waals surface area contributed by atoms with Gasteiger partial charge in [0.25, 0.3) is 0 Å². The normalized spacial score (nSPS) is 11.7. The molecule has 0 fully saturated rings. The molecule has 0 saturated carbocycles. The van der Waals surface area contributed by atoms with E-state index in [-0.39, 0.29) is 12.0 Å². The van der Waals surface area contributed by atoms with E-state index in [1.165, 1.54) is 0 Å². The Morgan fingerprint density at radius 3 is 2.23 bits per heavy atom. The molecule has 26 heavy (non-hydrogen) atoms. The molecule has 140 valence electrons.